The van der Waals surface area contributed by atoms with Gasteiger partial charge in [0.25, 0.3) is 0 Å². The molecule has 2 N–H and O–H groups in total. The second-order valence-corrected chi connectivity index (χ2v) is 7.14. The third kappa shape index (κ3) is 4.38. The first-order valence-electron chi connectivity index (χ1n) is 7.04. The van der Waals surface area contributed by atoms with Gasteiger partial charge in [-0.2, -0.15) is 0 Å². The normalized spacial score (nSPS) is 17.6. The molecule has 0 aromatic heterocycles. The molecule has 1 heterocycles. The molecule has 20 heavy (non-hydrogen) atoms. The van der Waals surface area contributed by atoms with E-state index in [0.717, 1.165) is 25.7 Å². The van der Waals surface area contributed by atoms with Crippen molar-refractivity contribution in [3.8, 4) is 5.75 Å². The number of benzene rings is 1. The van der Waals surface area contributed by atoms with Gasteiger partial charge in [-0.05, 0) is 37.1 Å². The van der Waals surface area contributed by atoms with E-state index in [1.165, 1.54) is 0 Å². The van der Waals surface area contributed by atoms with Crippen LogP contribution >= 0.6 is 0 Å². The largest absolute Gasteiger partial charge is 0.492 e. The van der Waals surface area contributed by atoms with E-state index in [1.54, 1.807) is 28.6 Å². The molecule has 1 saturated heterocycles. The van der Waals surface area contributed by atoms with Gasteiger partial charge in [0.2, 0.25) is 10.0 Å². The van der Waals surface area contributed by atoms with Gasteiger partial charge in [0, 0.05) is 18.8 Å². The summed E-state index contributed by atoms with van der Waals surface area (Å²) in [6, 6.07) is 6.96. The van der Waals surface area contributed by atoms with Crippen LogP contribution in [-0.4, -0.2) is 38.2 Å². The Labute approximate surface area is 120 Å². The molecule has 0 radical (unpaired) electrons. The number of nitrogens with two attached hydrogens (primary N) is 1. The Morgan fingerprint density at radius 2 is 1.65 bits per heavy atom. The summed E-state index contributed by atoms with van der Waals surface area (Å²) in [6.45, 7) is 1.46. The van der Waals surface area contributed by atoms with E-state index in [0.29, 0.717) is 24.5 Å². The van der Waals surface area contributed by atoms with Crippen molar-refractivity contribution in [3.63, 3.8) is 0 Å². The molecule has 1 fully saturated rings. The molecule has 0 unspecified atom stereocenters. The van der Waals surface area contributed by atoms with Crippen LogP contribution in [-0.2, 0) is 10.0 Å². The van der Waals surface area contributed by atoms with Crippen molar-refractivity contribution in [2.75, 3.05) is 31.2 Å². The first-order chi connectivity index (χ1) is 9.58. The summed E-state index contributed by atoms with van der Waals surface area (Å²) in [5, 5.41) is 0. The highest BCUT2D eigenvalue weighted by molar-refractivity contribution is 7.89. The maximum Gasteiger partial charge on any atom is 0.217 e. The maximum absolute atomic E-state index is 12.2. The van der Waals surface area contributed by atoms with E-state index in [-0.39, 0.29) is 12.4 Å². The van der Waals surface area contributed by atoms with Crippen LogP contribution in [0.1, 0.15) is 25.7 Å². The van der Waals surface area contributed by atoms with Crippen molar-refractivity contribution in [2.45, 2.75) is 25.7 Å². The number of hydrogen-bond acceptors (Lipinski definition) is 4. The van der Waals surface area contributed by atoms with E-state index < -0.39 is 10.0 Å². The molecule has 0 atom stereocenters. The summed E-state index contributed by atoms with van der Waals surface area (Å²) in [5.74, 6) is 0.669. The number of hydrogen-bond donors (Lipinski definition) is 1. The van der Waals surface area contributed by atoms with Crippen molar-refractivity contribution in [3.05, 3.63) is 24.3 Å². The number of nitrogen functional groups attached to an aromatic ring is 1. The maximum atomic E-state index is 12.2. The van der Waals surface area contributed by atoms with Crippen molar-refractivity contribution in [1.29, 1.82) is 0 Å². The average Bonchev–Trinajstić information content (AvgIpc) is 2.70. The molecule has 6 heteroatoms. The third-order valence-electron chi connectivity index (χ3n) is 3.45. The fourth-order valence-electron chi connectivity index (χ4n) is 2.28. The molecule has 0 amide bonds. The Bertz CT molecular complexity index is 506. The second-order valence-electron chi connectivity index (χ2n) is 5.05. The van der Waals surface area contributed by atoms with Gasteiger partial charge in [0.15, 0.2) is 0 Å². The highest BCUT2D eigenvalue weighted by Crippen LogP contribution is 2.15. The molecule has 1 aromatic carbocycles. The second kappa shape index (κ2) is 6.95. The fraction of sp³-hybridized carbons (Fsp3) is 0.571. The monoisotopic (exact) mass is 298 g/mol. The molecule has 0 spiro atoms. The highest BCUT2D eigenvalue weighted by Gasteiger charge is 2.22. The van der Waals surface area contributed by atoms with Gasteiger partial charge in [0.1, 0.15) is 12.4 Å². The minimum absolute atomic E-state index is 0.0252. The molecule has 0 saturated carbocycles. The molecule has 1 aromatic rings. The number of ether oxygens (including phenoxy) is 1. The first kappa shape index (κ1) is 15.1. The van der Waals surface area contributed by atoms with Gasteiger partial charge >= 0.3 is 0 Å². The van der Waals surface area contributed by atoms with E-state index in [9.17, 15) is 8.42 Å². The lowest BCUT2D eigenvalue weighted by Crippen LogP contribution is -2.35. The Morgan fingerprint density at radius 3 is 2.25 bits per heavy atom. The van der Waals surface area contributed by atoms with Crippen LogP contribution in [0.5, 0.6) is 5.75 Å². The van der Waals surface area contributed by atoms with Crippen molar-refractivity contribution < 1.29 is 13.2 Å². The molecule has 1 aliphatic rings. The molecular formula is C14H22N2O3S. The number of rotatable bonds is 5. The molecule has 5 nitrogen and oxygen atoms in total. The zero-order chi connectivity index (χ0) is 14.4. The summed E-state index contributed by atoms with van der Waals surface area (Å²) < 4.78 is 31.5. The summed E-state index contributed by atoms with van der Waals surface area (Å²) in [5.41, 5.74) is 6.24. The van der Waals surface area contributed by atoms with Crippen LogP contribution in [0.25, 0.3) is 0 Å². The minimum Gasteiger partial charge on any atom is -0.492 e. The lowest BCUT2D eigenvalue weighted by molar-refractivity contribution is 0.334. The standard InChI is InChI=1S/C14H22N2O3S/c15-13-5-7-14(8-6-13)19-11-12-20(17,18)16-9-3-1-2-4-10-16/h5-8H,1-4,9-12,15H2. The zero-order valence-corrected chi connectivity index (χ0v) is 12.4. The Hall–Kier alpha value is -1.27. The van der Waals surface area contributed by atoms with Crippen molar-refractivity contribution in [1.82, 2.24) is 4.31 Å². The van der Waals surface area contributed by atoms with Gasteiger partial charge in [-0.15, -0.1) is 0 Å². The Balaban J connectivity index is 1.84. The van der Waals surface area contributed by atoms with Crippen LogP contribution < -0.4 is 10.5 Å². The van der Waals surface area contributed by atoms with Crippen molar-refractivity contribution in [2.24, 2.45) is 0 Å². The number of sulfonamides is 1. The number of nitrogens with zero attached hydrogens (tertiary/aromatic N) is 1. The molecular weight excluding hydrogens is 276 g/mol. The zero-order valence-electron chi connectivity index (χ0n) is 11.6. The van der Waals surface area contributed by atoms with Gasteiger partial charge < -0.3 is 10.5 Å². The molecule has 0 bridgehead atoms. The predicted octanol–water partition coefficient (Wildman–Crippen LogP) is 1.85. The van der Waals surface area contributed by atoms with Crippen LogP contribution in [0, 0.1) is 0 Å². The lowest BCUT2D eigenvalue weighted by Gasteiger charge is -2.19. The predicted molar refractivity (Wildman–Crippen MR) is 80.2 cm³/mol. The third-order valence-corrected chi connectivity index (χ3v) is 5.28. The topological polar surface area (TPSA) is 72.6 Å². The van der Waals surface area contributed by atoms with E-state index in [2.05, 4.69) is 0 Å². The summed E-state index contributed by atoms with van der Waals surface area (Å²) in [6.07, 6.45) is 4.15. The summed E-state index contributed by atoms with van der Waals surface area (Å²) in [7, 11) is -3.20. The van der Waals surface area contributed by atoms with Gasteiger partial charge in [-0.25, -0.2) is 12.7 Å². The summed E-state index contributed by atoms with van der Waals surface area (Å²) in [4.78, 5) is 0. The Morgan fingerprint density at radius 1 is 1.05 bits per heavy atom. The van der Waals surface area contributed by atoms with Crippen LogP contribution in [0.2, 0.25) is 0 Å². The minimum atomic E-state index is -3.20. The van der Waals surface area contributed by atoms with E-state index >= 15 is 0 Å². The Kier molecular flexibility index (Phi) is 5.25. The lowest BCUT2D eigenvalue weighted by atomic mass is 10.2. The molecule has 1 aliphatic heterocycles. The molecule has 2 rings (SSSR count). The van der Waals surface area contributed by atoms with E-state index in [4.69, 9.17) is 10.5 Å². The van der Waals surface area contributed by atoms with Crippen molar-refractivity contribution >= 4 is 15.7 Å². The number of anilines is 1. The quantitative estimate of drug-likeness (QED) is 0.842. The first-order valence-corrected chi connectivity index (χ1v) is 8.65. The van der Waals surface area contributed by atoms with Crippen LogP contribution in [0.4, 0.5) is 5.69 Å². The van der Waals surface area contributed by atoms with Gasteiger partial charge in [-0.1, -0.05) is 12.8 Å². The molecule has 112 valence electrons. The van der Waals surface area contributed by atoms with Crippen LogP contribution in [0.15, 0.2) is 24.3 Å². The smallest absolute Gasteiger partial charge is 0.217 e. The molecule has 0 aliphatic carbocycles. The SMILES string of the molecule is Nc1ccc(OCCS(=O)(=O)N2CCCCCC2)cc1. The van der Waals surface area contributed by atoms with Gasteiger partial charge in [0.05, 0.1) is 5.75 Å². The van der Waals surface area contributed by atoms with E-state index in [1.807, 2.05) is 0 Å². The fourth-order valence-corrected chi connectivity index (χ4v) is 3.64. The van der Waals surface area contributed by atoms with Crippen LogP contribution in [0.3, 0.4) is 0 Å². The summed E-state index contributed by atoms with van der Waals surface area (Å²) >= 11 is 0. The average molecular weight is 298 g/mol. The highest BCUT2D eigenvalue weighted by atomic mass is 32.2. The van der Waals surface area contributed by atoms with Gasteiger partial charge in [-0.3, -0.25) is 0 Å².